The van der Waals surface area contributed by atoms with Gasteiger partial charge in [-0.1, -0.05) is 93.7 Å². The summed E-state index contributed by atoms with van der Waals surface area (Å²) in [5, 5.41) is 4.09. The Labute approximate surface area is 244 Å². The van der Waals surface area contributed by atoms with Crippen molar-refractivity contribution in [2.45, 2.75) is 119 Å². The summed E-state index contributed by atoms with van der Waals surface area (Å²) < 4.78 is 0. The van der Waals surface area contributed by atoms with E-state index in [-0.39, 0.29) is 5.91 Å². The number of nitrogens with zero attached hydrogens (tertiary/aromatic N) is 4. The van der Waals surface area contributed by atoms with Gasteiger partial charge in [0.2, 0.25) is 0 Å². The molecule has 2 aromatic heterocycles. The summed E-state index contributed by atoms with van der Waals surface area (Å²) in [6.07, 6.45) is 10.8. The van der Waals surface area contributed by atoms with Gasteiger partial charge in [0.15, 0.2) is 0 Å². The monoisotopic (exact) mass is 549 g/mol. The first-order valence-electron chi connectivity index (χ1n) is 15.8. The molecule has 0 bridgehead atoms. The average Bonchev–Trinajstić information content (AvgIpc) is 3.04. The Morgan fingerprint density at radius 2 is 1.68 bits per heavy atom. The Balaban J connectivity index is 0.000000344. The van der Waals surface area contributed by atoms with E-state index >= 15 is 0 Å². The van der Waals surface area contributed by atoms with Crippen molar-refractivity contribution in [1.29, 1.82) is 0 Å². The molecule has 1 amide bonds. The van der Waals surface area contributed by atoms with Gasteiger partial charge in [-0.15, -0.1) is 0 Å². The van der Waals surface area contributed by atoms with Crippen LogP contribution in [-0.2, 0) is 13.0 Å². The summed E-state index contributed by atoms with van der Waals surface area (Å²) in [5.74, 6) is 1.45. The SMILES string of the molecule is CC.CC.CC.CCN1CCc2nc(C(C)C)ncc2C1.O=C(NC1CCCCC1)c1cccc2ncccc12. The van der Waals surface area contributed by atoms with Crippen LogP contribution in [-0.4, -0.2) is 44.9 Å². The fourth-order valence-electron chi connectivity index (χ4n) is 4.75. The van der Waals surface area contributed by atoms with E-state index in [0.717, 1.165) is 61.2 Å². The van der Waals surface area contributed by atoms with Crippen molar-refractivity contribution in [2.24, 2.45) is 0 Å². The lowest BCUT2D eigenvalue weighted by Gasteiger charge is -2.26. The molecule has 40 heavy (non-hydrogen) atoms. The van der Waals surface area contributed by atoms with Crippen molar-refractivity contribution >= 4 is 16.8 Å². The summed E-state index contributed by atoms with van der Waals surface area (Å²) in [6.45, 7) is 21.8. The fourth-order valence-corrected chi connectivity index (χ4v) is 4.75. The number of benzene rings is 1. The largest absolute Gasteiger partial charge is 0.349 e. The first-order valence-corrected chi connectivity index (χ1v) is 15.8. The van der Waals surface area contributed by atoms with E-state index in [1.807, 2.05) is 78.1 Å². The van der Waals surface area contributed by atoms with E-state index in [2.05, 4.69) is 45.9 Å². The zero-order valence-corrected chi connectivity index (χ0v) is 26.8. The molecular formula is C34H55N5O. The predicted octanol–water partition coefficient (Wildman–Crippen LogP) is 8.35. The highest BCUT2D eigenvalue weighted by atomic mass is 16.1. The lowest BCUT2D eigenvalue weighted by atomic mass is 9.95. The van der Waals surface area contributed by atoms with E-state index in [1.54, 1.807) is 6.20 Å². The maximum Gasteiger partial charge on any atom is 0.252 e. The number of hydrogen-bond donors (Lipinski definition) is 1. The zero-order valence-electron chi connectivity index (χ0n) is 26.8. The van der Waals surface area contributed by atoms with Gasteiger partial charge in [-0.2, -0.15) is 0 Å². The van der Waals surface area contributed by atoms with E-state index in [1.165, 1.54) is 30.5 Å². The van der Waals surface area contributed by atoms with Gasteiger partial charge in [-0.05, 0) is 37.6 Å². The Kier molecular flexibility index (Phi) is 17.7. The molecule has 5 rings (SSSR count). The molecule has 0 spiro atoms. The molecule has 1 N–H and O–H groups in total. The zero-order chi connectivity index (χ0) is 29.9. The molecule has 1 fully saturated rings. The molecular weight excluding hydrogens is 494 g/mol. The number of carbonyl (C=O) groups excluding carboxylic acids is 1. The van der Waals surface area contributed by atoms with Crippen LogP contribution in [0.15, 0.2) is 42.7 Å². The Morgan fingerprint density at radius 3 is 2.33 bits per heavy atom. The molecule has 6 nitrogen and oxygen atoms in total. The summed E-state index contributed by atoms with van der Waals surface area (Å²) >= 11 is 0. The van der Waals surface area contributed by atoms with Gasteiger partial charge in [0.25, 0.3) is 5.91 Å². The third-order valence-electron chi connectivity index (χ3n) is 6.83. The molecule has 0 radical (unpaired) electrons. The molecule has 1 aliphatic carbocycles. The second-order valence-electron chi connectivity index (χ2n) is 9.66. The van der Waals surface area contributed by atoms with E-state index in [0.29, 0.717) is 12.0 Å². The van der Waals surface area contributed by atoms with E-state index < -0.39 is 0 Å². The molecule has 6 heteroatoms. The van der Waals surface area contributed by atoms with Crippen LogP contribution in [0.2, 0.25) is 0 Å². The van der Waals surface area contributed by atoms with Crippen LogP contribution >= 0.6 is 0 Å². The van der Waals surface area contributed by atoms with E-state index in [4.69, 9.17) is 0 Å². The molecule has 222 valence electrons. The van der Waals surface area contributed by atoms with Gasteiger partial charge < -0.3 is 5.32 Å². The number of hydrogen-bond acceptors (Lipinski definition) is 5. The van der Waals surface area contributed by atoms with Gasteiger partial charge in [-0.3, -0.25) is 14.7 Å². The standard InChI is InChI=1S/C16H18N2O.C12H19N3.3C2H6/c19-16(18-12-6-2-1-3-7-12)14-8-4-10-15-13(14)9-5-11-17-15;1-4-15-6-5-11-10(8-15)7-13-12(14-11)9(2)3;3*1-2/h4-5,8-12H,1-3,6-7H2,(H,18,19);7,9H,4-6,8H2,1-3H3;3*1-2H3. The molecule has 1 saturated carbocycles. The number of likely N-dealkylation sites (N-methyl/N-ethyl adjacent to an activating group) is 1. The molecule has 2 aliphatic rings. The number of pyridine rings is 1. The first-order chi connectivity index (χ1) is 19.5. The van der Waals surface area contributed by atoms with Crippen LogP contribution in [0.1, 0.15) is 128 Å². The maximum absolute atomic E-state index is 12.4. The highest BCUT2D eigenvalue weighted by molar-refractivity contribution is 6.06. The molecule has 0 atom stereocenters. The maximum atomic E-state index is 12.4. The predicted molar refractivity (Wildman–Crippen MR) is 171 cm³/mol. The minimum Gasteiger partial charge on any atom is -0.349 e. The van der Waals surface area contributed by atoms with Crippen LogP contribution in [0.25, 0.3) is 10.9 Å². The average molecular weight is 550 g/mol. The van der Waals surface area contributed by atoms with Crippen molar-refractivity contribution < 1.29 is 4.79 Å². The lowest BCUT2D eigenvalue weighted by molar-refractivity contribution is 0.0929. The van der Waals surface area contributed by atoms with Crippen LogP contribution in [0.5, 0.6) is 0 Å². The number of fused-ring (bicyclic) bond motifs is 2. The van der Waals surface area contributed by atoms with Crippen molar-refractivity contribution in [3.63, 3.8) is 0 Å². The van der Waals surface area contributed by atoms with Crippen molar-refractivity contribution in [3.05, 3.63) is 65.4 Å². The Morgan fingerprint density at radius 1 is 0.975 bits per heavy atom. The summed E-state index contributed by atoms with van der Waals surface area (Å²) in [7, 11) is 0. The molecule has 3 aromatic rings. The van der Waals surface area contributed by atoms with Crippen LogP contribution in [0.4, 0.5) is 0 Å². The molecule has 1 aliphatic heterocycles. The number of amides is 1. The number of rotatable bonds is 4. The van der Waals surface area contributed by atoms with Gasteiger partial charge in [0.1, 0.15) is 5.82 Å². The quantitative estimate of drug-likeness (QED) is 0.354. The van der Waals surface area contributed by atoms with Gasteiger partial charge in [0.05, 0.1) is 5.52 Å². The number of carbonyl (C=O) groups is 1. The minimum atomic E-state index is 0.0329. The van der Waals surface area contributed by atoms with Crippen molar-refractivity contribution in [1.82, 2.24) is 25.2 Å². The summed E-state index contributed by atoms with van der Waals surface area (Å²) in [5.41, 5.74) is 4.18. The molecule has 3 heterocycles. The number of aromatic nitrogens is 3. The highest BCUT2D eigenvalue weighted by Crippen LogP contribution is 2.21. The Bertz CT molecular complexity index is 1100. The molecule has 0 unspecified atom stereocenters. The normalized spacial score (nSPS) is 14.6. The minimum absolute atomic E-state index is 0.0329. The second-order valence-corrected chi connectivity index (χ2v) is 9.66. The summed E-state index contributed by atoms with van der Waals surface area (Å²) in [6, 6.07) is 9.88. The van der Waals surface area contributed by atoms with Crippen LogP contribution in [0.3, 0.4) is 0 Å². The van der Waals surface area contributed by atoms with E-state index in [9.17, 15) is 4.79 Å². The van der Waals surface area contributed by atoms with Gasteiger partial charge in [0, 0.05) is 66.1 Å². The molecule has 1 aromatic carbocycles. The number of nitrogens with one attached hydrogen (secondary N) is 1. The Hall–Kier alpha value is -2.86. The topological polar surface area (TPSA) is 71.0 Å². The third kappa shape index (κ3) is 10.6. The van der Waals surface area contributed by atoms with Crippen molar-refractivity contribution in [3.8, 4) is 0 Å². The third-order valence-corrected chi connectivity index (χ3v) is 6.83. The summed E-state index contributed by atoms with van der Waals surface area (Å²) in [4.78, 5) is 28.2. The van der Waals surface area contributed by atoms with Gasteiger partial charge in [-0.25, -0.2) is 9.97 Å². The van der Waals surface area contributed by atoms with Crippen molar-refractivity contribution in [2.75, 3.05) is 13.1 Å². The smallest absolute Gasteiger partial charge is 0.252 e. The highest BCUT2D eigenvalue weighted by Gasteiger charge is 2.19. The fraction of sp³-hybridized carbons (Fsp3) is 0.588. The van der Waals surface area contributed by atoms with Crippen LogP contribution in [0, 0.1) is 0 Å². The molecule has 0 saturated heterocycles. The first kappa shape index (κ1) is 35.2. The second kappa shape index (κ2) is 20.1. The van der Waals surface area contributed by atoms with Gasteiger partial charge >= 0.3 is 0 Å². The van der Waals surface area contributed by atoms with Crippen LogP contribution < -0.4 is 5.32 Å². The lowest BCUT2D eigenvalue weighted by Crippen LogP contribution is -2.36.